The van der Waals surface area contributed by atoms with E-state index in [4.69, 9.17) is 10.2 Å². The van der Waals surface area contributed by atoms with Gasteiger partial charge in [-0.25, -0.2) is 8.42 Å². The second-order valence-electron chi connectivity index (χ2n) is 4.11. The van der Waals surface area contributed by atoms with Gasteiger partial charge in [0, 0.05) is 0 Å². The van der Waals surface area contributed by atoms with Crippen LogP contribution < -0.4 is 4.72 Å². The fourth-order valence-corrected chi connectivity index (χ4v) is 2.70. The van der Waals surface area contributed by atoms with Crippen LogP contribution in [0.3, 0.4) is 0 Å². The number of hydrogen-bond acceptors (Lipinski definition) is 4. The molecule has 7 nitrogen and oxygen atoms in total. The summed E-state index contributed by atoms with van der Waals surface area (Å²) >= 11 is 0. The molecule has 1 aromatic carbocycles. The van der Waals surface area contributed by atoms with Crippen LogP contribution in [-0.2, 0) is 26.0 Å². The minimum Gasteiger partial charge on any atom is -0.481 e. The summed E-state index contributed by atoms with van der Waals surface area (Å²) in [5.74, 6) is -2.94. The van der Waals surface area contributed by atoms with Crippen molar-refractivity contribution in [1.82, 2.24) is 4.72 Å². The van der Waals surface area contributed by atoms with Crippen molar-refractivity contribution in [2.75, 3.05) is 0 Å². The van der Waals surface area contributed by atoms with E-state index in [1.54, 1.807) is 12.1 Å². The summed E-state index contributed by atoms with van der Waals surface area (Å²) in [4.78, 5) is 21.3. The zero-order chi connectivity index (χ0) is 15.3. The van der Waals surface area contributed by atoms with Crippen molar-refractivity contribution < 1.29 is 28.2 Å². The highest BCUT2D eigenvalue weighted by atomic mass is 32.2. The smallest absolute Gasteiger partial charge is 0.322 e. The maximum absolute atomic E-state index is 12.0. The maximum Gasteiger partial charge on any atom is 0.322 e. The van der Waals surface area contributed by atoms with E-state index in [0.29, 0.717) is 0 Å². The van der Waals surface area contributed by atoms with Gasteiger partial charge < -0.3 is 10.2 Å². The van der Waals surface area contributed by atoms with Crippen LogP contribution in [0.1, 0.15) is 18.9 Å². The molecule has 0 aliphatic carbocycles. The highest BCUT2D eigenvalue weighted by Crippen LogP contribution is 2.12. The minimum atomic E-state index is -4.07. The Morgan fingerprint density at radius 3 is 2.15 bits per heavy atom. The lowest BCUT2D eigenvalue weighted by atomic mass is 10.2. The number of carboxylic acids is 2. The predicted octanol–water partition coefficient (Wildman–Crippen LogP) is 0.455. The summed E-state index contributed by atoms with van der Waals surface area (Å²) in [6.45, 7) is 1.91. The molecule has 110 valence electrons. The highest BCUT2D eigenvalue weighted by molar-refractivity contribution is 7.89. The number of carbonyl (C=O) groups is 2. The van der Waals surface area contributed by atoms with E-state index in [1.807, 2.05) is 11.6 Å². The monoisotopic (exact) mass is 301 g/mol. The van der Waals surface area contributed by atoms with Crippen molar-refractivity contribution in [2.24, 2.45) is 0 Å². The molecule has 0 aliphatic rings. The lowest BCUT2D eigenvalue weighted by Crippen LogP contribution is -2.42. The van der Waals surface area contributed by atoms with Crippen LogP contribution in [0.2, 0.25) is 0 Å². The first-order valence-electron chi connectivity index (χ1n) is 5.82. The summed E-state index contributed by atoms with van der Waals surface area (Å²) in [6.07, 6.45) is -0.0911. The first kappa shape index (κ1) is 16.1. The quantitative estimate of drug-likeness (QED) is 0.672. The molecule has 0 bridgehead atoms. The van der Waals surface area contributed by atoms with E-state index in [1.165, 1.54) is 12.1 Å². The molecule has 0 unspecified atom stereocenters. The Labute approximate surface area is 116 Å². The number of nitrogens with one attached hydrogen (secondary N) is 1. The summed E-state index contributed by atoms with van der Waals surface area (Å²) in [5, 5.41) is 17.4. The van der Waals surface area contributed by atoms with Gasteiger partial charge in [0.25, 0.3) is 0 Å². The molecule has 0 fully saturated rings. The largest absolute Gasteiger partial charge is 0.481 e. The number of benzene rings is 1. The molecule has 1 rings (SSSR count). The standard InChI is InChI=1S/C12H15NO6S/c1-2-8-3-5-9(6-4-8)20(18,19)13-10(12(16)17)7-11(14)15/h3-6,10,13H,2,7H2,1H3,(H,14,15)(H,16,17)/t10-/m0/s1. The number of sulfonamides is 1. The zero-order valence-corrected chi connectivity index (χ0v) is 11.6. The van der Waals surface area contributed by atoms with Crippen molar-refractivity contribution in [3.05, 3.63) is 29.8 Å². The summed E-state index contributed by atoms with van der Waals surface area (Å²) in [5.41, 5.74) is 0.935. The Kier molecular flexibility index (Phi) is 5.23. The van der Waals surface area contributed by atoms with Crippen LogP contribution in [0.5, 0.6) is 0 Å². The average Bonchev–Trinajstić information content (AvgIpc) is 2.37. The van der Waals surface area contributed by atoms with Gasteiger partial charge in [-0.3, -0.25) is 9.59 Å². The predicted molar refractivity (Wildman–Crippen MR) is 69.8 cm³/mol. The molecular formula is C12H15NO6S. The van der Waals surface area contributed by atoms with Gasteiger partial charge in [-0.05, 0) is 24.1 Å². The molecule has 3 N–H and O–H groups in total. The van der Waals surface area contributed by atoms with E-state index in [-0.39, 0.29) is 4.90 Å². The number of rotatable bonds is 7. The van der Waals surface area contributed by atoms with Gasteiger partial charge in [0.05, 0.1) is 11.3 Å². The van der Waals surface area contributed by atoms with E-state index >= 15 is 0 Å². The highest BCUT2D eigenvalue weighted by Gasteiger charge is 2.27. The Morgan fingerprint density at radius 2 is 1.75 bits per heavy atom. The van der Waals surface area contributed by atoms with Crippen molar-refractivity contribution in [3.8, 4) is 0 Å². The second kappa shape index (κ2) is 6.49. The fraction of sp³-hybridized carbons (Fsp3) is 0.333. The molecule has 0 heterocycles. The molecule has 0 aliphatic heterocycles. The molecule has 20 heavy (non-hydrogen) atoms. The van der Waals surface area contributed by atoms with Gasteiger partial charge >= 0.3 is 11.9 Å². The number of aliphatic carboxylic acids is 2. The van der Waals surface area contributed by atoms with E-state index < -0.39 is 34.4 Å². The average molecular weight is 301 g/mol. The molecule has 1 aromatic rings. The lowest BCUT2D eigenvalue weighted by molar-refractivity contribution is -0.145. The summed E-state index contributed by atoms with van der Waals surface area (Å²) in [6, 6.07) is 4.22. The molecule has 0 spiro atoms. The van der Waals surface area contributed by atoms with Crippen LogP contribution in [0, 0.1) is 0 Å². The fourth-order valence-electron chi connectivity index (χ4n) is 1.51. The van der Waals surface area contributed by atoms with Crippen LogP contribution >= 0.6 is 0 Å². The minimum absolute atomic E-state index is 0.105. The topological polar surface area (TPSA) is 121 Å². The normalized spacial score (nSPS) is 12.8. The van der Waals surface area contributed by atoms with Gasteiger partial charge in [0.15, 0.2) is 0 Å². The van der Waals surface area contributed by atoms with Crippen LogP contribution in [0.4, 0.5) is 0 Å². The Morgan fingerprint density at radius 1 is 1.20 bits per heavy atom. The summed E-state index contributed by atoms with van der Waals surface area (Å²) in [7, 11) is -4.07. The lowest BCUT2D eigenvalue weighted by Gasteiger charge is -2.13. The third-order valence-electron chi connectivity index (χ3n) is 2.62. The Balaban J connectivity index is 2.96. The second-order valence-corrected chi connectivity index (χ2v) is 5.82. The van der Waals surface area contributed by atoms with Gasteiger partial charge in [-0.1, -0.05) is 19.1 Å². The van der Waals surface area contributed by atoms with Crippen LogP contribution in [-0.4, -0.2) is 36.6 Å². The number of hydrogen-bond donors (Lipinski definition) is 3. The maximum atomic E-state index is 12.0. The van der Waals surface area contributed by atoms with E-state index in [2.05, 4.69) is 0 Å². The van der Waals surface area contributed by atoms with E-state index in [0.717, 1.165) is 12.0 Å². The van der Waals surface area contributed by atoms with Gasteiger partial charge in [-0.2, -0.15) is 4.72 Å². The van der Waals surface area contributed by atoms with Gasteiger partial charge in [0.1, 0.15) is 6.04 Å². The SMILES string of the molecule is CCc1ccc(S(=O)(=O)N[C@@H](CC(=O)O)C(=O)O)cc1. The Hall–Kier alpha value is -1.93. The van der Waals surface area contributed by atoms with Gasteiger partial charge in [0.2, 0.25) is 10.0 Å². The molecule has 1 atom stereocenters. The van der Waals surface area contributed by atoms with Crippen molar-refractivity contribution >= 4 is 22.0 Å². The molecule has 8 heteroatoms. The first-order chi connectivity index (χ1) is 9.26. The van der Waals surface area contributed by atoms with Crippen molar-refractivity contribution in [1.29, 1.82) is 0 Å². The molecule has 0 radical (unpaired) electrons. The van der Waals surface area contributed by atoms with Crippen molar-refractivity contribution in [2.45, 2.75) is 30.7 Å². The van der Waals surface area contributed by atoms with Crippen LogP contribution in [0.15, 0.2) is 29.2 Å². The third-order valence-corrected chi connectivity index (χ3v) is 4.10. The molecular weight excluding hydrogens is 286 g/mol. The molecule has 0 saturated heterocycles. The molecule has 0 aromatic heterocycles. The molecule has 0 saturated carbocycles. The summed E-state index contributed by atoms with van der Waals surface area (Å²) < 4.78 is 25.8. The third kappa shape index (κ3) is 4.32. The van der Waals surface area contributed by atoms with Crippen LogP contribution in [0.25, 0.3) is 0 Å². The first-order valence-corrected chi connectivity index (χ1v) is 7.30. The van der Waals surface area contributed by atoms with E-state index in [9.17, 15) is 18.0 Å². The number of aryl methyl sites for hydroxylation is 1. The zero-order valence-electron chi connectivity index (χ0n) is 10.7. The van der Waals surface area contributed by atoms with Crippen molar-refractivity contribution in [3.63, 3.8) is 0 Å². The molecule has 0 amide bonds. The number of carboxylic acid groups (broad SMARTS) is 2. The Bertz CT molecular complexity index is 593. The van der Waals surface area contributed by atoms with Gasteiger partial charge in [-0.15, -0.1) is 0 Å².